The van der Waals surface area contributed by atoms with Crippen molar-refractivity contribution in [1.29, 1.82) is 0 Å². The lowest BCUT2D eigenvalue weighted by molar-refractivity contribution is -0.137. The second kappa shape index (κ2) is 42.8. The molecule has 0 spiro atoms. The van der Waals surface area contributed by atoms with E-state index in [1.165, 1.54) is 51.0 Å². The Hall–Kier alpha value is -4.18. The number of carbonyl (C=O) groups is 2. The number of unbranched alkanes of at least 4 members (excludes halogenated alkanes) is 7. The van der Waals surface area contributed by atoms with Gasteiger partial charge in [-0.25, -0.2) is 4.79 Å². The molecule has 0 aromatic rings. The van der Waals surface area contributed by atoms with Crippen molar-refractivity contribution >= 4 is 11.9 Å². The Morgan fingerprint density at radius 1 is 0.417 bits per heavy atom. The summed E-state index contributed by atoms with van der Waals surface area (Å²) in [7, 11) is 0. The fourth-order valence-corrected chi connectivity index (χ4v) is 3.89. The second-order valence-corrected chi connectivity index (χ2v) is 10.9. The molecule has 48 heavy (non-hydrogen) atoms. The van der Waals surface area contributed by atoms with Crippen molar-refractivity contribution in [3.8, 4) is 0 Å². The van der Waals surface area contributed by atoms with Crippen LogP contribution in [0, 0.1) is 0 Å². The molecule has 0 aliphatic heterocycles. The second-order valence-electron chi connectivity index (χ2n) is 10.9. The van der Waals surface area contributed by atoms with Crippen molar-refractivity contribution in [3.63, 3.8) is 0 Å². The molecular weight excluding hydrogens is 592 g/mol. The van der Waals surface area contributed by atoms with E-state index >= 15 is 0 Å². The number of carboxylic acid groups (broad SMARTS) is 2. The van der Waals surface area contributed by atoms with Crippen molar-refractivity contribution in [2.45, 2.75) is 117 Å². The molecule has 4 nitrogen and oxygen atoms in total. The summed E-state index contributed by atoms with van der Waals surface area (Å²) in [6.07, 6.45) is 65.2. The summed E-state index contributed by atoms with van der Waals surface area (Å²) in [5, 5.41) is 16.9. The lowest BCUT2D eigenvalue weighted by Gasteiger charge is -1.98. The predicted molar refractivity (Wildman–Crippen MR) is 210 cm³/mol. The standard InChI is InChI=1S/2C22H32O2/c2*1-2-3-4-5-6-7-8-9-10-11-12-13-14-15-16-17-18-19-20-21-22(23)24/h10-21H,2-9H2,1H3,(H,23,24);3-4,6-7,9-10,12-13,15-16,18-19H,2,5,8,11,14,17,20-21H2,1H3,(H,23,24). The van der Waals surface area contributed by atoms with Crippen LogP contribution in [0.15, 0.2) is 146 Å². The highest BCUT2D eigenvalue weighted by atomic mass is 16.4. The minimum absolute atomic E-state index is 0.210. The molecule has 0 aromatic carbocycles. The van der Waals surface area contributed by atoms with E-state index in [1.807, 2.05) is 48.6 Å². The molecule has 264 valence electrons. The highest BCUT2D eigenvalue weighted by molar-refractivity contribution is 5.80. The Labute approximate surface area is 293 Å². The van der Waals surface area contributed by atoms with Crippen molar-refractivity contribution in [1.82, 2.24) is 0 Å². The first-order chi connectivity index (χ1) is 23.5. The van der Waals surface area contributed by atoms with Gasteiger partial charge in [-0.3, -0.25) is 4.79 Å². The average Bonchev–Trinajstić information content (AvgIpc) is 3.07. The minimum atomic E-state index is -0.936. The van der Waals surface area contributed by atoms with Crippen LogP contribution in [0.1, 0.15) is 117 Å². The van der Waals surface area contributed by atoms with E-state index in [2.05, 4.69) is 86.8 Å². The first kappa shape index (κ1) is 45.9. The monoisotopic (exact) mass is 656 g/mol. The summed E-state index contributed by atoms with van der Waals surface area (Å²) in [4.78, 5) is 20.5. The topological polar surface area (TPSA) is 74.6 Å². The molecule has 0 heterocycles. The van der Waals surface area contributed by atoms with Crippen LogP contribution < -0.4 is 0 Å². The molecule has 0 radical (unpaired) electrons. The van der Waals surface area contributed by atoms with E-state index in [-0.39, 0.29) is 6.42 Å². The molecule has 0 saturated heterocycles. The smallest absolute Gasteiger partial charge is 0.328 e. The van der Waals surface area contributed by atoms with E-state index < -0.39 is 11.9 Å². The summed E-state index contributed by atoms with van der Waals surface area (Å²) in [5.41, 5.74) is 0. The predicted octanol–water partition coefficient (Wildman–Crippen LogP) is 13.1. The van der Waals surface area contributed by atoms with Gasteiger partial charge in [0.1, 0.15) is 0 Å². The van der Waals surface area contributed by atoms with Gasteiger partial charge in [0, 0.05) is 12.5 Å². The molecule has 0 amide bonds. The average molecular weight is 657 g/mol. The zero-order chi connectivity index (χ0) is 35.4. The molecule has 0 aromatic heterocycles. The van der Waals surface area contributed by atoms with Crippen molar-refractivity contribution in [3.05, 3.63) is 146 Å². The Morgan fingerprint density at radius 2 is 0.812 bits per heavy atom. The zero-order valence-corrected chi connectivity index (χ0v) is 29.9. The Kier molecular flexibility index (Phi) is 41.0. The van der Waals surface area contributed by atoms with Gasteiger partial charge in [-0.1, -0.05) is 192 Å². The number of carboxylic acids is 2. The Bertz CT molecular complexity index is 1100. The lowest BCUT2D eigenvalue weighted by Crippen LogP contribution is -1.91. The zero-order valence-electron chi connectivity index (χ0n) is 29.9. The third-order valence-electron chi connectivity index (χ3n) is 6.47. The quantitative estimate of drug-likeness (QED) is 0.0380. The maximum absolute atomic E-state index is 10.3. The van der Waals surface area contributed by atoms with Gasteiger partial charge in [-0.05, 0) is 57.8 Å². The number of allylic oxidation sites excluding steroid dienone is 23. The fraction of sp³-hybridized carbons (Fsp3) is 0.409. The highest BCUT2D eigenvalue weighted by Gasteiger charge is 1.91. The van der Waals surface area contributed by atoms with Gasteiger partial charge in [0.15, 0.2) is 0 Å². The number of hydrogen-bond acceptors (Lipinski definition) is 2. The first-order valence-electron chi connectivity index (χ1n) is 17.9. The van der Waals surface area contributed by atoms with Crippen LogP contribution in [0.5, 0.6) is 0 Å². The number of aliphatic carboxylic acids is 2. The minimum Gasteiger partial charge on any atom is -0.481 e. The Morgan fingerprint density at radius 3 is 1.25 bits per heavy atom. The van der Waals surface area contributed by atoms with Crippen LogP contribution in [0.25, 0.3) is 0 Å². The van der Waals surface area contributed by atoms with Gasteiger partial charge in [0.25, 0.3) is 0 Å². The van der Waals surface area contributed by atoms with Crippen molar-refractivity contribution < 1.29 is 19.8 Å². The molecule has 4 heteroatoms. The summed E-state index contributed by atoms with van der Waals surface area (Å²) >= 11 is 0. The third-order valence-corrected chi connectivity index (χ3v) is 6.47. The summed E-state index contributed by atoms with van der Waals surface area (Å²) < 4.78 is 0. The van der Waals surface area contributed by atoms with Gasteiger partial charge < -0.3 is 10.2 Å². The molecule has 2 N–H and O–H groups in total. The molecule has 0 rings (SSSR count). The molecule has 0 aliphatic rings. The third kappa shape index (κ3) is 48.7. The molecule has 0 bridgehead atoms. The molecule has 0 unspecified atom stereocenters. The van der Waals surface area contributed by atoms with E-state index in [4.69, 9.17) is 10.2 Å². The maximum atomic E-state index is 10.3. The van der Waals surface area contributed by atoms with Crippen LogP contribution in [0.2, 0.25) is 0 Å². The van der Waals surface area contributed by atoms with Gasteiger partial charge in [-0.15, -0.1) is 0 Å². The van der Waals surface area contributed by atoms with Crippen LogP contribution in [0.4, 0.5) is 0 Å². The summed E-state index contributed by atoms with van der Waals surface area (Å²) in [5.74, 6) is -1.68. The summed E-state index contributed by atoms with van der Waals surface area (Å²) in [6.45, 7) is 4.40. The van der Waals surface area contributed by atoms with Crippen LogP contribution in [-0.4, -0.2) is 22.2 Å². The van der Waals surface area contributed by atoms with Gasteiger partial charge >= 0.3 is 11.9 Å². The van der Waals surface area contributed by atoms with Crippen LogP contribution in [0.3, 0.4) is 0 Å². The number of hydrogen-bond donors (Lipinski definition) is 2. The molecular formula is C44H64O4. The van der Waals surface area contributed by atoms with Gasteiger partial charge in [0.05, 0.1) is 0 Å². The van der Waals surface area contributed by atoms with Gasteiger partial charge in [0.2, 0.25) is 0 Å². The van der Waals surface area contributed by atoms with Crippen LogP contribution >= 0.6 is 0 Å². The fourth-order valence-electron chi connectivity index (χ4n) is 3.89. The Balaban J connectivity index is 0. The lowest BCUT2D eigenvalue weighted by atomic mass is 10.1. The van der Waals surface area contributed by atoms with E-state index in [9.17, 15) is 9.59 Å². The van der Waals surface area contributed by atoms with E-state index in [0.29, 0.717) is 6.42 Å². The molecule has 0 aliphatic carbocycles. The largest absolute Gasteiger partial charge is 0.481 e. The first-order valence-corrected chi connectivity index (χ1v) is 17.9. The number of rotatable bonds is 28. The van der Waals surface area contributed by atoms with Crippen molar-refractivity contribution in [2.24, 2.45) is 0 Å². The van der Waals surface area contributed by atoms with Crippen LogP contribution in [-0.2, 0) is 9.59 Å². The SMILES string of the molecule is CCC=CCC=CCC=CCC=CCC=CCC=CCCC(=O)O.CCCCCCCCCC=CC=CC=CC=CC=CC=CC(=O)O. The van der Waals surface area contributed by atoms with Gasteiger partial charge in [-0.2, -0.15) is 0 Å². The molecule has 0 atom stereocenters. The normalized spacial score (nSPS) is 13.0. The maximum Gasteiger partial charge on any atom is 0.328 e. The van der Waals surface area contributed by atoms with E-state index in [0.717, 1.165) is 51.0 Å². The highest BCUT2D eigenvalue weighted by Crippen LogP contribution is 2.08. The van der Waals surface area contributed by atoms with Crippen molar-refractivity contribution in [2.75, 3.05) is 0 Å². The molecule has 0 saturated carbocycles. The van der Waals surface area contributed by atoms with E-state index in [1.54, 1.807) is 12.2 Å². The molecule has 0 fully saturated rings. The summed E-state index contributed by atoms with van der Waals surface area (Å²) in [6, 6.07) is 0.